The fourth-order valence-electron chi connectivity index (χ4n) is 2.78. The van der Waals surface area contributed by atoms with Crippen molar-refractivity contribution in [2.24, 2.45) is 0 Å². The second-order valence-electron chi connectivity index (χ2n) is 5.27. The van der Waals surface area contributed by atoms with Crippen molar-refractivity contribution in [3.05, 3.63) is 88.7 Å². The minimum Gasteiger partial charge on any atom is -0.263 e. The van der Waals surface area contributed by atoms with E-state index in [2.05, 4.69) is 81.3 Å². The molecule has 23 heavy (non-hydrogen) atoms. The van der Waals surface area contributed by atoms with Gasteiger partial charge in [0.25, 0.3) is 0 Å². The van der Waals surface area contributed by atoms with Crippen molar-refractivity contribution >= 4 is 37.5 Å². The second kappa shape index (κ2) is 5.87. The highest BCUT2D eigenvalue weighted by atomic mass is 79.9. The molecule has 0 atom stereocenters. The van der Waals surface area contributed by atoms with Gasteiger partial charge in [-0.25, -0.2) is 0 Å². The first-order valence-electron chi connectivity index (χ1n) is 7.35. The molecule has 2 heteroatoms. The van der Waals surface area contributed by atoms with Crippen LogP contribution in [-0.4, -0.2) is 4.98 Å². The Kier molecular flexibility index (Phi) is 3.57. The summed E-state index contributed by atoms with van der Waals surface area (Å²) in [7, 11) is 0. The third-order valence-electron chi connectivity index (χ3n) is 3.86. The Morgan fingerprint density at radius 2 is 1.30 bits per heavy atom. The van der Waals surface area contributed by atoms with Gasteiger partial charge >= 0.3 is 0 Å². The number of aromatic nitrogens is 1. The average molecular weight is 358 g/mol. The van der Waals surface area contributed by atoms with E-state index < -0.39 is 0 Å². The summed E-state index contributed by atoms with van der Waals surface area (Å²) in [5, 5.41) is 4.69. The molecule has 0 amide bonds. The molecule has 0 spiro atoms. The molecule has 0 saturated carbocycles. The number of halogens is 1. The van der Waals surface area contributed by atoms with Crippen LogP contribution in [0.25, 0.3) is 21.5 Å². The van der Waals surface area contributed by atoms with Gasteiger partial charge in [-0.3, -0.25) is 4.98 Å². The lowest BCUT2D eigenvalue weighted by Gasteiger charge is -2.09. The Morgan fingerprint density at radius 1 is 0.696 bits per heavy atom. The quantitative estimate of drug-likeness (QED) is 0.297. The molecule has 0 aliphatic rings. The molecule has 0 aliphatic heterocycles. The lowest BCUT2D eigenvalue weighted by molar-refractivity contribution is 1.31. The van der Waals surface area contributed by atoms with Crippen LogP contribution in [0.5, 0.6) is 0 Å². The molecule has 0 fully saturated rings. The number of hydrogen-bond acceptors (Lipinski definition) is 1. The molecule has 0 saturated heterocycles. The molecule has 0 N–H and O–H groups in total. The molecule has 0 unspecified atom stereocenters. The minimum atomic E-state index is 0.920. The molecule has 1 aromatic heterocycles. The first kappa shape index (κ1) is 14.0. The largest absolute Gasteiger partial charge is 0.263 e. The Morgan fingerprint density at radius 3 is 1.87 bits per heavy atom. The van der Waals surface area contributed by atoms with Crippen molar-refractivity contribution in [1.29, 1.82) is 0 Å². The normalized spacial score (nSPS) is 10.5. The molecule has 0 radical (unpaired) electrons. The Balaban J connectivity index is 2.08. The van der Waals surface area contributed by atoms with E-state index in [0.29, 0.717) is 0 Å². The summed E-state index contributed by atoms with van der Waals surface area (Å²) in [5.41, 5.74) is 1.98. The van der Waals surface area contributed by atoms with Gasteiger partial charge in [0, 0.05) is 28.0 Å². The van der Waals surface area contributed by atoms with E-state index in [1.807, 2.05) is 12.1 Å². The van der Waals surface area contributed by atoms with Crippen LogP contribution >= 0.6 is 15.9 Å². The van der Waals surface area contributed by atoms with Crippen LogP contribution in [0.3, 0.4) is 0 Å². The van der Waals surface area contributed by atoms with E-state index in [-0.39, 0.29) is 0 Å². The van der Waals surface area contributed by atoms with E-state index in [1.165, 1.54) is 10.8 Å². The van der Waals surface area contributed by atoms with Crippen molar-refractivity contribution in [1.82, 2.24) is 4.98 Å². The highest BCUT2D eigenvalue weighted by molar-refractivity contribution is 9.10. The van der Waals surface area contributed by atoms with E-state index in [9.17, 15) is 0 Å². The van der Waals surface area contributed by atoms with Gasteiger partial charge in [-0.1, -0.05) is 60.4 Å². The minimum absolute atomic E-state index is 0.920. The van der Waals surface area contributed by atoms with Gasteiger partial charge in [0.2, 0.25) is 0 Å². The van der Waals surface area contributed by atoms with Gasteiger partial charge in [0.05, 0.1) is 0 Å². The molecule has 0 bridgehead atoms. The standard InChI is InChI=1S/C21H12BrN/c22-21-19-9-3-1-7-16(19)18(17-8-2-4-10-20(17)21)12-11-15-6-5-13-23-14-15/h1-10,13-14H. The Labute approximate surface area is 143 Å². The Bertz CT molecular complexity index is 1020. The van der Waals surface area contributed by atoms with Gasteiger partial charge in [-0.15, -0.1) is 0 Å². The summed E-state index contributed by atoms with van der Waals surface area (Å²) in [5.74, 6) is 6.60. The summed E-state index contributed by atoms with van der Waals surface area (Å²) in [6.07, 6.45) is 3.55. The molecule has 1 nitrogen and oxygen atoms in total. The van der Waals surface area contributed by atoms with Crippen LogP contribution in [0.4, 0.5) is 0 Å². The molecule has 4 aromatic rings. The van der Waals surface area contributed by atoms with Gasteiger partial charge in [-0.2, -0.15) is 0 Å². The van der Waals surface area contributed by atoms with E-state index >= 15 is 0 Å². The van der Waals surface area contributed by atoms with Gasteiger partial charge in [-0.05, 0) is 49.6 Å². The molecular formula is C21H12BrN. The van der Waals surface area contributed by atoms with Crippen LogP contribution in [0.15, 0.2) is 77.5 Å². The number of rotatable bonds is 0. The highest BCUT2D eigenvalue weighted by Crippen LogP contribution is 2.35. The molecule has 3 aromatic carbocycles. The van der Waals surface area contributed by atoms with E-state index in [0.717, 1.165) is 26.4 Å². The Hall–Kier alpha value is -2.63. The summed E-state index contributed by atoms with van der Waals surface area (Å²) in [6, 6.07) is 20.6. The zero-order chi connectivity index (χ0) is 15.6. The van der Waals surface area contributed by atoms with E-state index in [1.54, 1.807) is 12.4 Å². The number of fused-ring (bicyclic) bond motifs is 2. The van der Waals surface area contributed by atoms with Crippen LogP contribution in [0, 0.1) is 11.8 Å². The SMILES string of the molecule is Brc1c2ccccc2c(C#Cc2cccnc2)c2ccccc12. The topological polar surface area (TPSA) is 12.9 Å². The number of benzene rings is 3. The van der Waals surface area contributed by atoms with Gasteiger partial charge < -0.3 is 0 Å². The third kappa shape index (κ3) is 2.50. The maximum absolute atomic E-state index is 4.13. The number of pyridine rings is 1. The summed E-state index contributed by atoms with van der Waals surface area (Å²) < 4.78 is 1.12. The highest BCUT2D eigenvalue weighted by Gasteiger charge is 2.10. The lowest BCUT2D eigenvalue weighted by atomic mass is 9.97. The average Bonchev–Trinajstić information content (AvgIpc) is 2.63. The fourth-order valence-corrected chi connectivity index (χ4v) is 3.47. The van der Waals surface area contributed by atoms with Crippen LogP contribution in [0.1, 0.15) is 11.1 Å². The number of nitrogens with zero attached hydrogens (tertiary/aromatic N) is 1. The second-order valence-corrected chi connectivity index (χ2v) is 6.06. The predicted octanol–water partition coefficient (Wildman–Crippen LogP) is 5.55. The van der Waals surface area contributed by atoms with Crippen molar-refractivity contribution in [3.63, 3.8) is 0 Å². The smallest absolute Gasteiger partial charge is 0.0432 e. The third-order valence-corrected chi connectivity index (χ3v) is 4.71. The maximum atomic E-state index is 4.13. The monoisotopic (exact) mass is 357 g/mol. The zero-order valence-corrected chi connectivity index (χ0v) is 13.8. The molecule has 4 rings (SSSR count). The summed E-state index contributed by atoms with van der Waals surface area (Å²) in [4.78, 5) is 4.13. The van der Waals surface area contributed by atoms with Gasteiger partial charge in [0.15, 0.2) is 0 Å². The first-order chi connectivity index (χ1) is 11.3. The predicted molar refractivity (Wildman–Crippen MR) is 99.4 cm³/mol. The van der Waals surface area contributed by atoms with Crippen molar-refractivity contribution in [3.8, 4) is 11.8 Å². The van der Waals surface area contributed by atoms with Crippen LogP contribution in [-0.2, 0) is 0 Å². The lowest BCUT2D eigenvalue weighted by Crippen LogP contribution is -1.87. The van der Waals surface area contributed by atoms with Crippen molar-refractivity contribution in [2.75, 3.05) is 0 Å². The van der Waals surface area contributed by atoms with Crippen molar-refractivity contribution < 1.29 is 0 Å². The zero-order valence-electron chi connectivity index (χ0n) is 12.3. The molecular weight excluding hydrogens is 346 g/mol. The summed E-state index contributed by atoms with van der Waals surface area (Å²) >= 11 is 3.75. The molecule has 0 aliphatic carbocycles. The summed E-state index contributed by atoms with van der Waals surface area (Å²) in [6.45, 7) is 0. The fraction of sp³-hybridized carbons (Fsp3) is 0. The maximum Gasteiger partial charge on any atom is 0.0432 e. The van der Waals surface area contributed by atoms with E-state index in [4.69, 9.17) is 0 Å². The van der Waals surface area contributed by atoms with Crippen LogP contribution < -0.4 is 0 Å². The molecule has 108 valence electrons. The molecule has 1 heterocycles. The van der Waals surface area contributed by atoms with Crippen molar-refractivity contribution in [2.45, 2.75) is 0 Å². The number of hydrogen-bond donors (Lipinski definition) is 0. The van der Waals surface area contributed by atoms with Crippen LogP contribution in [0.2, 0.25) is 0 Å². The first-order valence-corrected chi connectivity index (χ1v) is 8.15. The van der Waals surface area contributed by atoms with Gasteiger partial charge in [0.1, 0.15) is 0 Å².